The van der Waals surface area contributed by atoms with Crippen molar-refractivity contribution in [3.63, 3.8) is 0 Å². The number of nitrogens with zero attached hydrogens (tertiary/aromatic N) is 8. The van der Waals surface area contributed by atoms with Crippen LogP contribution in [-0.4, -0.2) is 19.5 Å². The van der Waals surface area contributed by atoms with Gasteiger partial charge in [0.1, 0.15) is 0 Å². The molecule has 8 heteroatoms. The van der Waals surface area contributed by atoms with Crippen molar-refractivity contribution < 1.29 is 0 Å². The molecule has 0 unspecified atom stereocenters. The highest BCUT2D eigenvalue weighted by molar-refractivity contribution is 6.13. The van der Waals surface area contributed by atoms with Gasteiger partial charge >= 0.3 is 0 Å². The molecule has 0 N–H and O–H groups in total. The Morgan fingerprint density at radius 1 is 0.377 bits per heavy atom. The van der Waals surface area contributed by atoms with Gasteiger partial charge in [-0.1, -0.05) is 140 Å². The monoisotopic (exact) mass is 878 g/mol. The fourth-order valence-electron chi connectivity index (χ4n) is 9.13. The van der Waals surface area contributed by atoms with Crippen LogP contribution in [0.5, 0.6) is 0 Å². The summed E-state index contributed by atoms with van der Waals surface area (Å²) in [7, 11) is 0. The molecular weight excluding hydrogens is 845 g/mol. The maximum Gasteiger partial charge on any atom is 0.187 e. The second-order valence-corrected chi connectivity index (χ2v) is 16.4. The Morgan fingerprint density at radius 2 is 0.826 bits per heavy atom. The van der Waals surface area contributed by atoms with E-state index in [9.17, 15) is 15.8 Å². The molecule has 2 aromatic heterocycles. The van der Waals surface area contributed by atoms with Crippen LogP contribution in [-0.2, 0) is 0 Å². The second kappa shape index (κ2) is 17.6. The Morgan fingerprint density at radius 3 is 1.33 bits per heavy atom. The topological polar surface area (TPSA) is 119 Å². The Hall–Kier alpha value is -10.3. The van der Waals surface area contributed by atoms with Crippen LogP contribution < -0.4 is 0 Å². The molecule has 0 aliphatic rings. The SMILES string of the molecule is [C-]#[N+]c1cccc(-c2ccc3c(c2)c2cc(-c4cccc(C#N)c4)ccc2n3-c2c(-c3ccccc3C#N)cc(-c3nc(-c4ccccc4)nc(-c4ccccc4)n3)cc2-c2ccccc2C#N)c1. The summed E-state index contributed by atoms with van der Waals surface area (Å²) in [5, 5.41) is 33.3. The lowest BCUT2D eigenvalue weighted by Crippen LogP contribution is -2.05. The lowest BCUT2D eigenvalue weighted by Gasteiger charge is -2.22. The molecule has 2 heterocycles. The van der Waals surface area contributed by atoms with E-state index >= 15 is 0 Å². The first kappa shape index (κ1) is 41.5. The number of aromatic nitrogens is 4. The second-order valence-electron chi connectivity index (χ2n) is 16.4. The van der Waals surface area contributed by atoms with Crippen molar-refractivity contribution in [1.82, 2.24) is 19.5 Å². The normalized spacial score (nSPS) is 10.8. The summed E-state index contributed by atoms with van der Waals surface area (Å²) in [4.78, 5) is 19.0. The van der Waals surface area contributed by atoms with Crippen LogP contribution >= 0.6 is 0 Å². The molecule has 0 saturated heterocycles. The van der Waals surface area contributed by atoms with Crippen LogP contribution in [0.4, 0.5) is 5.69 Å². The molecular formula is C61H34N8. The van der Waals surface area contributed by atoms with E-state index in [0.29, 0.717) is 67.7 Å². The third kappa shape index (κ3) is 7.59. The van der Waals surface area contributed by atoms with Gasteiger partial charge in [0.05, 0.1) is 58.2 Å². The molecule has 9 aromatic carbocycles. The van der Waals surface area contributed by atoms with Crippen LogP contribution in [0.3, 0.4) is 0 Å². The van der Waals surface area contributed by atoms with Gasteiger partial charge in [-0.2, -0.15) is 15.8 Å². The van der Waals surface area contributed by atoms with E-state index in [4.69, 9.17) is 21.5 Å². The van der Waals surface area contributed by atoms with Gasteiger partial charge in [0.25, 0.3) is 0 Å². The molecule has 11 rings (SSSR count). The molecule has 318 valence electrons. The smallest absolute Gasteiger partial charge is 0.187 e. The molecule has 8 nitrogen and oxygen atoms in total. The summed E-state index contributed by atoms with van der Waals surface area (Å²) in [6.45, 7) is 7.74. The van der Waals surface area contributed by atoms with E-state index in [-0.39, 0.29) is 0 Å². The van der Waals surface area contributed by atoms with E-state index < -0.39 is 0 Å². The first-order valence-corrected chi connectivity index (χ1v) is 22.1. The predicted octanol–water partition coefficient (Wildman–Crippen LogP) is 14.8. The van der Waals surface area contributed by atoms with E-state index in [1.54, 1.807) is 12.1 Å². The molecule has 0 spiro atoms. The maximum atomic E-state index is 10.8. The molecule has 0 amide bonds. The van der Waals surface area contributed by atoms with Gasteiger partial charge < -0.3 is 4.57 Å². The first-order chi connectivity index (χ1) is 34.0. The Balaban J connectivity index is 1.28. The lowest BCUT2D eigenvalue weighted by molar-refractivity contribution is 1.07. The van der Waals surface area contributed by atoms with E-state index in [1.807, 2.05) is 158 Å². The molecule has 11 aromatic rings. The number of benzene rings is 9. The summed E-state index contributed by atoms with van der Waals surface area (Å²) in [6, 6.07) is 73.9. The number of hydrogen-bond acceptors (Lipinski definition) is 6. The van der Waals surface area contributed by atoms with E-state index in [0.717, 1.165) is 60.9 Å². The highest BCUT2D eigenvalue weighted by atomic mass is 15.0. The fourth-order valence-corrected chi connectivity index (χ4v) is 9.13. The van der Waals surface area contributed by atoms with Gasteiger partial charge in [-0.25, -0.2) is 19.8 Å². The van der Waals surface area contributed by atoms with Gasteiger partial charge in [-0.15, -0.1) is 0 Å². The average Bonchev–Trinajstić information content (AvgIpc) is 3.75. The Kier molecular flexibility index (Phi) is 10.6. The minimum absolute atomic E-state index is 0.415. The van der Waals surface area contributed by atoms with Gasteiger partial charge in [0, 0.05) is 49.7 Å². The van der Waals surface area contributed by atoms with Gasteiger partial charge in [0.15, 0.2) is 23.2 Å². The quantitative estimate of drug-likeness (QED) is 0.140. The molecule has 0 radical (unpaired) electrons. The van der Waals surface area contributed by atoms with E-state index in [2.05, 4.69) is 64.0 Å². The van der Waals surface area contributed by atoms with Crippen molar-refractivity contribution in [2.75, 3.05) is 0 Å². The summed E-state index contributed by atoms with van der Waals surface area (Å²) >= 11 is 0. The number of nitriles is 3. The van der Waals surface area contributed by atoms with Crippen LogP contribution in [0.25, 0.3) is 111 Å². The summed E-state index contributed by atoms with van der Waals surface area (Å²) in [5.74, 6) is 1.41. The Labute approximate surface area is 398 Å². The maximum absolute atomic E-state index is 10.8. The number of fused-ring (bicyclic) bond motifs is 3. The van der Waals surface area contributed by atoms with Crippen LogP contribution in [0, 0.1) is 40.6 Å². The third-order valence-corrected chi connectivity index (χ3v) is 12.4. The molecule has 0 saturated carbocycles. The first-order valence-electron chi connectivity index (χ1n) is 22.1. The summed E-state index contributed by atoms with van der Waals surface area (Å²) < 4.78 is 2.23. The van der Waals surface area contributed by atoms with Crippen molar-refractivity contribution in [1.29, 1.82) is 15.8 Å². The zero-order valence-electron chi connectivity index (χ0n) is 36.7. The van der Waals surface area contributed by atoms with Gasteiger partial charge in [-0.3, -0.25) is 0 Å². The fraction of sp³-hybridized carbons (Fsp3) is 0. The molecule has 0 aliphatic heterocycles. The summed E-state index contributed by atoms with van der Waals surface area (Å²) in [6.07, 6.45) is 0. The van der Waals surface area contributed by atoms with Crippen molar-refractivity contribution in [3.8, 4) is 103 Å². The highest BCUT2D eigenvalue weighted by Gasteiger charge is 2.26. The van der Waals surface area contributed by atoms with Gasteiger partial charge in [-0.05, 0) is 89.0 Å². The largest absolute Gasteiger partial charge is 0.308 e. The van der Waals surface area contributed by atoms with E-state index in [1.165, 1.54) is 0 Å². The predicted molar refractivity (Wildman–Crippen MR) is 273 cm³/mol. The van der Waals surface area contributed by atoms with Crippen molar-refractivity contribution in [2.45, 2.75) is 0 Å². The highest BCUT2D eigenvalue weighted by Crippen LogP contribution is 2.46. The van der Waals surface area contributed by atoms with Crippen LogP contribution in [0.1, 0.15) is 16.7 Å². The Bertz CT molecular complexity index is 3760. The summed E-state index contributed by atoms with van der Waals surface area (Å²) in [5.41, 5.74) is 13.3. The molecule has 0 atom stereocenters. The molecule has 0 aliphatic carbocycles. The number of rotatable bonds is 8. The molecule has 69 heavy (non-hydrogen) atoms. The molecule has 0 fully saturated rings. The van der Waals surface area contributed by atoms with Crippen molar-refractivity contribution in [3.05, 3.63) is 234 Å². The minimum Gasteiger partial charge on any atom is -0.308 e. The van der Waals surface area contributed by atoms with Crippen LogP contribution in [0.15, 0.2) is 206 Å². The lowest BCUT2D eigenvalue weighted by atomic mass is 9.89. The average molecular weight is 879 g/mol. The molecule has 0 bridgehead atoms. The van der Waals surface area contributed by atoms with Crippen molar-refractivity contribution >= 4 is 27.5 Å². The van der Waals surface area contributed by atoms with Gasteiger partial charge in [0.2, 0.25) is 0 Å². The number of hydrogen-bond donors (Lipinski definition) is 0. The minimum atomic E-state index is 0.415. The zero-order valence-corrected chi connectivity index (χ0v) is 36.7. The third-order valence-electron chi connectivity index (χ3n) is 12.4. The zero-order chi connectivity index (χ0) is 46.8. The van der Waals surface area contributed by atoms with Crippen LogP contribution in [0.2, 0.25) is 0 Å². The van der Waals surface area contributed by atoms with Crippen molar-refractivity contribution in [2.24, 2.45) is 0 Å². The standard InChI is InChI=1S/C61H34N8/c1-65-49-23-13-22-43(31-49)45-27-29-57-53(33-45)52-32-44(42-21-12-14-39(30-42)36-62)26-28-56(52)69(57)58-54(50-24-10-8-19-46(50)37-63)34-48(35-55(58)51-25-11-9-20-47(51)38-64)61-67-59(40-15-4-2-5-16-40)66-60(68-61)41-17-6-3-7-18-41/h2-35H.